The SMILES string of the molecule is COC(=O)/C=C/c1ccc(C(=O)C(=O)c2ccc(/C=C/C(N)=O)cc2)cc1. The van der Waals surface area contributed by atoms with Crippen LogP contribution in [0.3, 0.4) is 0 Å². The van der Waals surface area contributed by atoms with E-state index in [-0.39, 0.29) is 11.1 Å². The fourth-order valence-corrected chi connectivity index (χ4v) is 2.16. The molecule has 6 nitrogen and oxygen atoms in total. The maximum Gasteiger partial charge on any atom is 0.330 e. The quantitative estimate of drug-likeness (QED) is 0.352. The molecule has 0 aliphatic rings. The zero-order valence-corrected chi connectivity index (χ0v) is 14.5. The third-order valence-corrected chi connectivity index (χ3v) is 3.61. The molecule has 1 amide bonds. The summed E-state index contributed by atoms with van der Waals surface area (Å²) in [6.45, 7) is 0. The van der Waals surface area contributed by atoms with Gasteiger partial charge in [0.1, 0.15) is 0 Å². The summed E-state index contributed by atoms with van der Waals surface area (Å²) in [5.74, 6) is -2.34. The number of benzene rings is 2. The van der Waals surface area contributed by atoms with E-state index in [2.05, 4.69) is 4.74 Å². The number of methoxy groups -OCH3 is 1. The number of esters is 1. The molecule has 2 aromatic carbocycles. The minimum atomic E-state index is -0.640. The number of ketones is 2. The molecule has 6 heteroatoms. The van der Waals surface area contributed by atoms with Crippen LogP contribution in [0.5, 0.6) is 0 Å². The molecule has 0 saturated carbocycles. The molecule has 0 aliphatic carbocycles. The Balaban J connectivity index is 2.10. The van der Waals surface area contributed by atoms with Crippen molar-refractivity contribution in [3.63, 3.8) is 0 Å². The Morgan fingerprint density at radius 1 is 0.741 bits per heavy atom. The minimum absolute atomic E-state index is 0.242. The topological polar surface area (TPSA) is 104 Å². The predicted molar refractivity (Wildman–Crippen MR) is 101 cm³/mol. The van der Waals surface area contributed by atoms with Gasteiger partial charge in [-0.25, -0.2) is 4.79 Å². The van der Waals surface area contributed by atoms with Crippen LogP contribution in [0.15, 0.2) is 60.7 Å². The van der Waals surface area contributed by atoms with Crippen molar-refractivity contribution in [1.82, 2.24) is 0 Å². The lowest BCUT2D eigenvalue weighted by Crippen LogP contribution is -2.14. The molecule has 2 rings (SSSR count). The maximum atomic E-state index is 12.4. The van der Waals surface area contributed by atoms with Gasteiger partial charge in [-0.1, -0.05) is 48.5 Å². The number of primary amides is 1. The molecule has 0 aromatic heterocycles. The fraction of sp³-hybridized carbons (Fsp3) is 0.0476. The Morgan fingerprint density at radius 2 is 1.15 bits per heavy atom. The van der Waals surface area contributed by atoms with Crippen molar-refractivity contribution >= 4 is 35.6 Å². The Hall–Kier alpha value is -3.80. The summed E-state index contributed by atoms with van der Waals surface area (Å²) in [5, 5.41) is 0. The van der Waals surface area contributed by atoms with Gasteiger partial charge in [0, 0.05) is 23.3 Å². The maximum absolute atomic E-state index is 12.4. The van der Waals surface area contributed by atoms with E-state index in [4.69, 9.17) is 5.73 Å². The van der Waals surface area contributed by atoms with Crippen LogP contribution in [0.1, 0.15) is 31.8 Å². The Labute approximate surface area is 155 Å². The molecule has 2 aromatic rings. The lowest BCUT2D eigenvalue weighted by Gasteiger charge is -2.02. The second-order valence-corrected chi connectivity index (χ2v) is 5.49. The summed E-state index contributed by atoms with van der Waals surface area (Å²) < 4.78 is 4.50. The first kappa shape index (κ1) is 19.5. The van der Waals surface area contributed by atoms with Crippen LogP contribution in [0, 0.1) is 0 Å². The van der Waals surface area contributed by atoms with Gasteiger partial charge in [0.2, 0.25) is 17.5 Å². The zero-order valence-electron chi connectivity index (χ0n) is 14.5. The van der Waals surface area contributed by atoms with Gasteiger partial charge in [-0.3, -0.25) is 14.4 Å². The predicted octanol–water partition coefficient (Wildman–Crippen LogP) is 2.44. The molecule has 136 valence electrons. The highest BCUT2D eigenvalue weighted by atomic mass is 16.5. The first-order valence-corrected chi connectivity index (χ1v) is 7.93. The zero-order chi connectivity index (χ0) is 19.8. The fourth-order valence-electron chi connectivity index (χ4n) is 2.16. The molecule has 0 radical (unpaired) electrons. The van der Waals surface area contributed by atoms with Gasteiger partial charge in [-0.15, -0.1) is 0 Å². The van der Waals surface area contributed by atoms with Crippen molar-refractivity contribution in [1.29, 1.82) is 0 Å². The largest absolute Gasteiger partial charge is 0.466 e. The number of carbonyl (C=O) groups excluding carboxylic acids is 4. The van der Waals surface area contributed by atoms with Gasteiger partial charge in [0.05, 0.1) is 7.11 Å². The lowest BCUT2D eigenvalue weighted by atomic mass is 9.99. The first-order chi connectivity index (χ1) is 12.9. The van der Waals surface area contributed by atoms with E-state index in [9.17, 15) is 19.2 Å². The average molecular weight is 363 g/mol. The summed E-state index contributed by atoms with van der Waals surface area (Å²) in [6, 6.07) is 12.5. The van der Waals surface area contributed by atoms with Gasteiger partial charge in [-0.2, -0.15) is 0 Å². The molecule has 0 bridgehead atoms. The van der Waals surface area contributed by atoms with Crippen LogP contribution in [0.2, 0.25) is 0 Å². The van der Waals surface area contributed by atoms with Crippen LogP contribution >= 0.6 is 0 Å². The Morgan fingerprint density at radius 3 is 1.52 bits per heavy atom. The molecule has 0 unspecified atom stereocenters. The van der Waals surface area contributed by atoms with Gasteiger partial charge >= 0.3 is 5.97 Å². The van der Waals surface area contributed by atoms with E-state index in [1.54, 1.807) is 30.3 Å². The number of rotatable bonds is 7. The summed E-state index contributed by atoms with van der Waals surface area (Å²) in [5.41, 5.74) is 6.88. The average Bonchev–Trinajstić information content (AvgIpc) is 2.70. The van der Waals surface area contributed by atoms with Crippen molar-refractivity contribution in [2.75, 3.05) is 7.11 Å². The highest BCUT2D eigenvalue weighted by Crippen LogP contribution is 2.12. The normalized spacial score (nSPS) is 10.9. The molecule has 2 N–H and O–H groups in total. The van der Waals surface area contributed by atoms with E-state index in [1.807, 2.05) is 0 Å². The van der Waals surface area contributed by atoms with Crippen LogP contribution < -0.4 is 5.73 Å². The molecule has 0 saturated heterocycles. The van der Waals surface area contributed by atoms with Crippen molar-refractivity contribution in [2.24, 2.45) is 5.73 Å². The minimum Gasteiger partial charge on any atom is -0.466 e. The van der Waals surface area contributed by atoms with Gasteiger partial charge in [0.15, 0.2) is 0 Å². The summed E-state index contributed by atoms with van der Waals surface area (Å²) in [4.78, 5) is 46.5. The second kappa shape index (κ2) is 9.05. The molecule has 0 fully saturated rings. The molecule has 0 spiro atoms. The van der Waals surface area contributed by atoms with Crippen LogP contribution in [-0.4, -0.2) is 30.6 Å². The summed E-state index contributed by atoms with van der Waals surface area (Å²) in [7, 11) is 1.28. The molecule has 27 heavy (non-hydrogen) atoms. The Kier molecular flexibility index (Phi) is 6.55. The number of carbonyl (C=O) groups is 4. The highest BCUT2D eigenvalue weighted by Gasteiger charge is 2.17. The molecule has 0 atom stereocenters. The number of Topliss-reactive ketones (excluding diaryl/α,β-unsaturated/α-hetero) is 2. The van der Waals surface area contributed by atoms with Crippen LogP contribution in [-0.2, 0) is 14.3 Å². The molecular weight excluding hydrogens is 346 g/mol. The van der Waals surface area contributed by atoms with Gasteiger partial charge in [0.25, 0.3) is 0 Å². The number of ether oxygens (including phenoxy) is 1. The standard InChI is InChI=1S/C21H17NO5/c1-27-19(24)13-7-15-4-10-17(11-5-15)21(26)20(25)16-8-2-14(3-9-16)6-12-18(22)23/h2-13H,1H3,(H2,22,23)/b12-6+,13-7+. The molecular formula is C21H17NO5. The third-order valence-electron chi connectivity index (χ3n) is 3.61. The monoisotopic (exact) mass is 363 g/mol. The number of hydrogen-bond donors (Lipinski definition) is 1. The van der Waals surface area contributed by atoms with Crippen LogP contribution in [0.4, 0.5) is 0 Å². The Bertz CT molecular complexity index is 922. The number of amides is 1. The van der Waals surface area contributed by atoms with Crippen LogP contribution in [0.25, 0.3) is 12.2 Å². The third kappa shape index (κ3) is 5.61. The van der Waals surface area contributed by atoms with E-state index >= 15 is 0 Å². The molecule has 0 heterocycles. The van der Waals surface area contributed by atoms with Crippen molar-refractivity contribution in [3.05, 3.63) is 82.9 Å². The molecule has 0 aliphatic heterocycles. The highest BCUT2D eigenvalue weighted by molar-refractivity contribution is 6.49. The van der Waals surface area contributed by atoms with E-state index in [1.165, 1.54) is 49.6 Å². The second-order valence-electron chi connectivity index (χ2n) is 5.49. The summed E-state index contributed by atoms with van der Waals surface area (Å²) >= 11 is 0. The lowest BCUT2D eigenvalue weighted by molar-refractivity contribution is -0.134. The summed E-state index contributed by atoms with van der Waals surface area (Å²) in [6.07, 6.45) is 5.52. The van der Waals surface area contributed by atoms with Crippen molar-refractivity contribution in [3.8, 4) is 0 Å². The van der Waals surface area contributed by atoms with E-state index in [0.717, 1.165) is 0 Å². The number of hydrogen-bond acceptors (Lipinski definition) is 5. The van der Waals surface area contributed by atoms with E-state index < -0.39 is 23.4 Å². The van der Waals surface area contributed by atoms with Gasteiger partial charge in [-0.05, 0) is 23.3 Å². The first-order valence-electron chi connectivity index (χ1n) is 7.93. The van der Waals surface area contributed by atoms with Gasteiger partial charge < -0.3 is 10.5 Å². The van der Waals surface area contributed by atoms with Crippen molar-refractivity contribution in [2.45, 2.75) is 0 Å². The van der Waals surface area contributed by atoms with Crippen molar-refractivity contribution < 1.29 is 23.9 Å². The smallest absolute Gasteiger partial charge is 0.330 e. The van der Waals surface area contributed by atoms with E-state index in [0.29, 0.717) is 11.1 Å². The number of nitrogens with two attached hydrogens (primary N) is 1.